The van der Waals surface area contributed by atoms with Crippen molar-refractivity contribution in [2.24, 2.45) is 0 Å². The molecule has 0 aliphatic rings. The van der Waals surface area contributed by atoms with E-state index in [0.717, 1.165) is 0 Å². The first-order valence-electron chi connectivity index (χ1n) is 7.08. The van der Waals surface area contributed by atoms with Gasteiger partial charge in [0.15, 0.2) is 0 Å². The molecule has 0 unspecified atom stereocenters. The van der Waals surface area contributed by atoms with Gasteiger partial charge >= 0.3 is 6.03 Å². The third-order valence-corrected chi connectivity index (χ3v) is 3.13. The normalized spacial score (nSPS) is 12.0. The number of urea groups is 1. The van der Waals surface area contributed by atoms with Gasteiger partial charge in [-0.15, -0.1) is 0 Å². The van der Waals surface area contributed by atoms with Crippen LogP contribution >= 0.6 is 0 Å². The number of benzene rings is 1. The Hall–Kier alpha value is -2.45. The number of amides is 2. The maximum Gasteiger partial charge on any atom is 0.319 e. The molecule has 0 fully saturated rings. The lowest BCUT2D eigenvalue weighted by molar-refractivity contribution is 0.175. The van der Waals surface area contributed by atoms with Gasteiger partial charge in [0.05, 0.1) is 31.1 Å². The van der Waals surface area contributed by atoms with Crippen LogP contribution in [0, 0.1) is 5.82 Å². The summed E-state index contributed by atoms with van der Waals surface area (Å²) in [7, 11) is 1.60. The lowest BCUT2D eigenvalue weighted by atomic mass is 10.1. The van der Waals surface area contributed by atoms with E-state index in [4.69, 9.17) is 4.74 Å². The van der Waals surface area contributed by atoms with Crippen LogP contribution in [0.2, 0.25) is 0 Å². The standard InChI is InChI=1S/C15H19FN4O3/c1-23-7-6-20-10-13(8-18-20)19-15(22)17-9-14(21)11-2-4-12(16)5-3-11/h2-5,8,10,14,21H,6-7,9H2,1H3,(H2,17,19,22)/t14-/m1/s1. The van der Waals surface area contributed by atoms with E-state index in [1.54, 1.807) is 18.0 Å². The number of aliphatic hydroxyl groups is 1. The molecule has 0 saturated carbocycles. The van der Waals surface area contributed by atoms with Crippen LogP contribution in [0.15, 0.2) is 36.7 Å². The maximum absolute atomic E-state index is 12.8. The molecule has 7 nitrogen and oxygen atoms in total. The highest BCUT2D eigenvalue weighted by Gasteiger charge is 2.10. The van der Waals surface area contributed by atoms with Gasteiger partial charge in [-0.2, -0.15) is 5.10 Å². The molecule has 2 rings (SSSR count). The molecule has 1 heterocycles. The number of hydrogen-bond acceptors (Lipinski definition) is 4. The maximum atomic E-state index is 12.8. The first-order chi connectivity index (χ1) is 11.1. The lowest BCUT2D eigenvalue weighted by Gasteiger charge is -2.12. The summed E-state index contributed by atoms with van der Waals surface area (Å²) in [5.41, 5.74) is 1.06. The summed E-state index contributed by atoms with van der Waals surface area (Å²) >= 11 is 0. The van der Waals surface area contributed by atoms with Crippen LogP contribution < -0.4 is 10.6 Å². The largest absolute Gasteiger partial charge is 0.387 e. The Morgan fingerprint density at radius 2 is 2.17 bits per heavy atom. The molecule has 1 atom stereocenters. The Morgan fingerprint density at radius 3 is 2.87 bits per heavy atom. The SMILES string of the molecule is COCCn1cc(NC(=O)NC[C@@H](O)c2ccc(F)cc2)cn1. The number of hydrogen-bond donors (Lipinski definition) is 3. The third kappa shape index (κ3) is 5.35. The van der Waals surface area contributed by atoms with Gasteiger partial charge in [-0.05, 0) is 17.7 Å². The van der Waals surface area contributed by atoms with Gasteiger partial charge < -0.3 is 20.5 Å². The van der Waals surface area contributed by atoms with Crippen molar-refractivity contribution in [3.63, 3.8) is 0 Å². The summed E-state index contributed by atoms with van der Waals surface area (Å²) in [4.78, 5) is 11.8. The first kappa shape index (κ1) is 16.9. The van der Waals surface area contributed by atoms with Gasteiger partial charge in [-0.3, -0.25) is 4.68 Å². The number of methoxy groups -OCH3 is 1. The fourth-order valence-corrected chi connectivity index (χ4v) is 1.90. The third-order valence-electron chi connectivity index (χ3n) is 3.13. The number of ether oxygens (including phenoxy) is 1. The quantitative estimate of drug-likeness (QED) is 0.721. The molecule has 0 spiro atoms. The Kier molecular flexibility index (Phi) is 6.07. The van der Waals surface area contributed by atoms with Crippen molar-refractivity contribution in [3.8, 4) is 0 Å². The minimum atomic E-state index is -0.911. The van der Waals surface area contributed by atoms with E-state index in [1.165, 1.54) is 30.5 Å². The minimum Gasteiger partial charge on any atom is -0.387 e. The number of carbonyl (C=O) groups is 1. The summed E-state index contributed by atoms with van der Waals surface area (Å²) in [6.45, 7) is 1.12. The Bertz CT molecular complexity index is 630. The fraction of sp³-hybridized carbons (Fsp3) is 0.333. The molecule has 2 aromatic rings. The van der Waals surface area contributed by atoms with E-state index in [-0.39, 0.29) is 12.4 Å². The zero-order chi connectivity index (χ0) is 16.7. The van der Waals surface area contributed by atoms with Gasteiger partial charge in [-0.1, -0.05) is 12.1 Å². The summed E-state index contributed by atoms with van der Waals surface area (Å²) in [6.07, 6.45) is 2.28. The molecular weight excluding hydrogens is 303 g/mol. The number of carbonyl (C=O) groups excluding carboxylic acids is 1. The number of halogens is 1. The number of rotatable bonds is 7. The Labute approximate surface area is 133 Å². The van der Waals surface area contributed by atoms with Crippen LogP contribution in [0.4, 0.5) is 14.9 Å². The van der Waals surface area contributed by atoms with Crippen molar-refractivity contribution >= 4 is 11.7 Å². The second kappa shape index (κ2) is 8.25. The molecule has 3 N–H and O–H groups in total. The molecule has 0 aliphatic heterocycles. The van der Waals surface area contributed by atoms with Crippen LogP contribution in [0.25, 0.3) is 0 Å². The molecule has 0 saturated heterocycles. The lowest BCUT2D eigenvalue weighted by Crippen LogP contribution is -2.32. The zero-order valence-corrected chi connectivity index (χ0v) is 12.7. The molecule has 8 heteroatoms. The van der Waals surface area contributed by atoms with Crippen LogP contribution in [0.5, 0.6) is 0 Å². The van der Waals surface area contributed by atoms with Crippen molar-refractivity contribution in [3.05, 3.63) is 48.0 Å². The van der Waals surface area contributed by atoms with E-state index in [1.807, 2.05) is 0 Å². The number of anilines is 1. The molecule has 1 aromatic carbocycles. The minimum absolute atomic E-state index is 0.00920. The van der Waals surface area contributed by atoms with Gasteiger partial charge in [0.25, 0.3) is 0 Å². The molecule has 1 aromatic heterocycles. The van der Waals surface area contributed by atoms with Gasteiger partial charge in [0.2, 0.25) is 0 Å². The van der Waals surface area contributed by atoms with E-state index >= 15 is 0 Å². The van der Waals surface area contributed by atoms with Gasteiger partial charge in [0.1, 0.15) is 5.82 Å². The second-order valence-electron chi connectivity index (χ2n) is 4.89. The fourth-order valence-electron chi connectivity index (χ4n) is 1.90. The highest BCUT2D eigenvalue weighted by molar-refractivity contribution is 5.88. The monoisotopic (exact) mass is 322 g/mol. The predicted molar refractivity (Wildman–Crippen MR) is 82.5 cm³/mol. The second-order valence-corrected chi connectivity index (χ2v) is 4.89. The summed E-state index contributed by atoms with van der Waals surface area (Å²) in [5.74, 6) is -0.378. The van der Waals surface area contributed by atoms with Crippen LogP contribution in [-0.4, -0.2) is 41.2 Å². The van der Waals surface area contributed by atoms with Crippen molar-refractivity contribution in [2.45, 2.75) is 12.6 Å². The molecule has 124 valence electrons. The predicted octanol–water partition coefficient (Wildman–Crippen LogP) is 1.52. The van der Waals surface area contributed by atoms with Crippen molar-refractivity contribution < 1.29 is 19.0 Å². The van der Waals surface area contributed by atoms with Crippen LogP contribution in [0.3, 0.4) is 0 Å². The summed E-state index contributed by atoms with van der Waals surface area (Å²) in [5, 5.41) is 19.1. The molecule has 23 heavy (non-hydrogen) atoms. The average Bonchev–Trinajstić information content (AvgIpc) is 2.98. The Balaban J connectivity index is 1.78. The number of nitrogens with one attached hydrogen (secondary N) is 2. The Morgan fingerprint density at radius 1 is 1.43 bits per heavy atom. The van der Waals surface area contributed by atoms with E-state index < -0.39 is 12.1 Å². The number of aliphatic hydroxyl groups excluding tert-OH is 1. The van der Waals surface area contributed by atoms with Crippen molar-refractivity contribution in [1.29, 1.82) is 0 Å². The number of nitrogens with zero attached hydrogens (tertiary/aromatic N) is 2. The summed E-state index contributed by atoms with van der Waals surface area (Å²) in [6, 6.07) is 5.00. The van der Waals surface area contributed by atoms with Gasteiger partial charge in [0, 0.05) is 19.9 Å². The van der Waals surface area contributed by atoms with Crippen molar-refractivity contribution in [1.82, 2.24) is 15.1 Å². The average molecular weight is 322 g/mol. The molecule has 2 amide bonds. The first-order valence-corrected chi connectivity index (χ1v) is 7.08. The highest BCUT2D eigenvalue weighted by atomic mass is 19.1. The molecule has 0 radical (unpaired) electrons. The van der Waals surface area contributed by atoms with Gasteiger partial charge in [-0.25, -0.2) is 9.18 Å². The van der Waals surface area contributed by atoms with E-state index in [2.05, 4.69) is 15.7 Å². The molecular formula is C15H19FN4O3. The topological polar surface area (TPSA) is 88.4 Å². The smallest absolute Gasteiger partial charge is 0.319 e. The van der Waals surface area contributed by atoms with Crippen LogP contribution in [0.1, 0.15) is 11.7 Å². The molecule has 0 aliphatic carbocycles. The molecule has 0 bridgehead atoms. The highest BCUT2D eigenvalue weighted by Crippen LogP contribution is 2.12. The van der Waals surface area contributed by atoms with Crippen molar-refractivity contribution in [2.75, 3.05) is 25.6 Å². The van der Waals surface area contributed by atoms with E-state index in [9.17, 15) is 14.3 Å². The zero-order valence-electron chi connectivity index (χ0n) is 12.7. The number of aromatic nitrogens is 2. The van der Waals surface area contributed by atoms with E-state index in [0.29, 0.717) is 24.4 Å². The van der Waals surface area contributed by atoms with Crippen LogP contribution in [-0.2, 0) is 11.3 Å². The summed E-state index contributed by atoms with van der Waals surface area (Å²) < 4.78 is 19.4.